The van der Waals surface area contributed by atoms with Crippen LogP contribution in [0.15, 0.2) is 65.7 Å². The van der Waals surface area contributed by atoms with Gasteiger partial charge in [-0.2, -0.15) is 4.98 Å². The molecule has 0 bridgehead atoms. The molecule has 0 aliphatic heterocycles. The van der Waals surface area contributed by atoms with Crippen molar-refractivity contribution in [2.24, 2.45) is 0 Å². The minimum absolute atomic E-state index is 0.161. The molecule has 7 nitrogen and oxygen atoms in total. The van der Waals surface area contributed by atoms with Gasteiger partial charge < -0.3 is 18.9 Å². The van der Waals surface area contributed by atoms with Crippen LogP contribution in [0, 0.1) is 0 Å². The highest BCUT2D eigenvalue weighted by Crippen LogP contribution is 2.22. The molecule has 0 saturated heterocycles. The summed E-state index contributed by atoms with van der Waals surface area (Å²) in [6.45, 7) is 6.59. The van der Waals surface area contributed by atoms with Gasteiger partial charge in [0.25, 0.3) is 5.91 Å². The fourth-order valence-corrected chi connectivity index (χ4v) is 2.81. The highest BCUT2D eigenvalue weighted by atomic mass is 16.5. The Balaban J connectivity index is 1.79. The molecule has 0 N–H and O–H groups in total. The van der Waals surface area contributed by atoms with Gasteiger partial charge in [0.05, 0.1) is 19.3 Å². The maximum Gasteiger partial charge on any atom is 0.258 e. The summed E-state index contributed by atoms with van der Waals surface area (Å²) in [6, 6.07) is 14.5. The second kappa shape index (κ2) is 9.54. The topological polar surface area (TPSA) is 77.7 Å². The molecule has 3 rings (SSSR count). The second-order valence-electron chi connectivity index (χ2n) is 6.14. The SMILES string of the molecule is C=CCN(Cc1nc(-c2ccc(OC)cc2)no1)C(=O)c1ccccc1OCC. The van der Waals surface area contributed by atoms with Crippen molar-refractivity contribution in [1.29, 1.82) is 0 Å². The minimum atomic E-state index is -0.196. The molecule has 0 fully saturated rings. The number of hydrogen-bond donors (Lipinski definition) is 0. The Morgan fingerprint density at radius 1 is 1.21 bits per heavy atom. The first-order valence-electron chi connectivity index (χ1n) is 9.25. The van der Waals surface area contributed by atoms with E-state index in [4.69, 9.17) is 14.0 Å². The number of amides is 1. The molecule has 3 aromatic rings. The lowest BCUT2D eigenvalue weighted by atomic mass is 10.1. The third-order valence-corrected chi connectivity index (χ3v) is 4.20. The zero-order chi connectivity index (χ0) is 20.6. The number of para-hydroxylation sites is 1. The Hall–Kier alpha value is -3.61. The summed E-state index contributed by atoms with van der Waals surface area (Å²) in [5.74, 6) is 1.87. The maximum atomic E-state index is 13.1. The average Bonchev–Trinajstić information content (AvgIpc) is 3.22. The lowest BCUT2D eigenvalue weighted by Gasteiger charge is -2.20. The molecular weight excluding hydrogens is 370 g/mol. The van der Waals surface area contributed by atoms with E-state index in [-0.39, 0.29) is 12.5 Å². The smallest absolute Gasteiger partial charge is 0.258 e. The molecule has 0 spiro atoms. The van der Waals surface area contributed by atoms with Crippen molar-refractivity contribution in [3.63, 3.8) is 0 Å². The molecule has 0 atom stereocenters. The Morgan fingerprint density at radius 2 is 1.97 bits per heavy atom. The van der Waals surface area contributed by atoms with Crippen LogP contribution in [0.4, 0.5) is 0 Å². The highest BCUT2D eigenvalue weighted by molar-refractivity contribution is 5.97. The van der Waals surface area contributed by atoms with Gasteiger partial charge in [0, 0.05) is 12.1 Å². The molecule has 0 aliphatic rings. The number of benzene rings is 2. The number of nitrogens with zero attached hydrogens (tertiary/aromatic N) is 3. The molecule has 2 aromatic carbocycles. The van der Waals surface area contributed by atoms with Crippen LogP contribution >= 0.6 is 0 Å². The van der Waals surface area contributed by atoms with Crippen molar-refractivity contribution in [1.82, 2.24) is 15.0 Å². The van der Waals surface area contributed by atoms with Crippen LogP contribution < -0.4 is 9.47 Å². The van der Waals surface area contributed by atoms with E-state index < -0.39 is 0 Å². The van der Waals surface area contributed by atoms with Crippen LogP contribution in [0.1, 0.15) is 23.2 Å². The molecule has 0 aliphatic carbocycles. The normalized spacial score (nSPS) is 10.4. The summed E-state index contributed by atoms with van der Waals surface area (Å²) >= 11 is 0. The molecule has 0 radical (unpaired) electrons. The minimum Gasteiger partial charge on any atom is -0.497 e. The third kappa shape index (κ3) is 4.82. The van der Waals surface area contributed by atoms with Crippen LogP contribution in [0.25, 0.3) is 11.4 Å². The Labute approximate surface area is 169 Å². The van der Waals surface area contributed by atoms with Crippen LogP contribution in [-0.2, 0) is 6.54 Å². The van der Waals surface area contributed by atoms with Crippen molar-refractivity contribution in [2.45, 2.75) is 13.5 Å². The first kappa shape index (κ1) is 20.1. The summed E-state index contributed by atoms with van der Waals surface area (Å²) in [7, 11) is 1.61. The van der Waals surface area contributed by atoms with Gasteiger partial charge in [0.1, 0.15) is 18.0 Å². The van der Waals surface area contributed by atoms with E-state index in [1.165, 1.54) is 0 Å². The lowest BCUT2D eigenvalue weighted by molar-refractivity contribution is 0.0741. The van der Waals surface area contributed by atoms with Crippen molar-refractivity contribution in [2.75, 3.05) is 20.3 Å². The maximum absolute atomic E-state index is 13.1. The van der Waals surface area contributed by atoms with Gasteiger partial charge in [-0.3, -0.25) is 4.79 Å². The van der Waals surface area contributed by atoms with Crippen molar-refractivity contribution in [3.05, 3.63) is 72.6 Å². The largest absolute Gasteiger partial charge is 0.497 e. The molecule has 150 valence electrons. The summed E-state index contributed by atoms with van der Waals surface area (Å²) in [5.41, 5.74) is 1.27. The van der Waals surface area contributed by atoms with Crippen molar-refractivity contribution in [3.8, 4) is 22.9 Å². The summed E-state index contributed by atoms with van der Waals surface area (Å²) < 4.78 is 16.1. The number of aromatic nitrogens is 2. The third-order valence-electron chi connectivity index (χ3n) is 4.20. The Morgan fingerprint density at radius 3 is 2.66 bits per heavy atom. The quantitative estimate of drug-likeness (QED) is 0.512. The first-order valence-corrected chi connectivity index (χ1v) is 9.25. The standard InChI is InChI=1S/C22H23N3O4/c1-4-14-25(22(26)18-8-6-7-9-19(18)28-5-2)15-20-23-21(24-29-20)16-10-12-17(27-3)13-11-16/h4,6-13H,1,5,14-15H2,2-3H3. The number of methoxy groups -OCH3 is 1. The van der Waals surface area contributed by atoms with Gasteiger partial charge in [0.2, 0.25) is 11.7 Å². The molecular formula is C22H23N3O4. The van der Waals surface area contributed by atoms with Gasteiger partial charge in [-0.1, -0.05) is 23.4 Å². The van der Waals surface area contributed by atoms with Gasteiger partial charge in [0.15, 0.2) is 0 Å². The number of hydrogen-bond acceptors (Lipinski definition) is 6. The number of ether oxygens (including phenoxy) is 2. The molecule has 7 heteroatoms. The van der Waals surface area contributed by atoms with E-state index in [0.29, 0.717) is 36.2 Å². The fourth-order valence-electron chi connectivity index (χ4n) is 2.81. The van der Waals surface area contributed by atoms with Crippen LogP contribution in [-0.4, -0.2) is 41.2 Å². The number of rotatable bonds is 9. The predicted octanol–water partition coefficient (Wildman–Crippen LogP) is 3.97. The molecule has 1 heterocycles. The summed E-state index contributed by atoms with van der Waals surface area (Å²) in [5, 5.41) is 4.02. The Kier molecular flexibility index (Phi) is 6.63. The summed E-state index contributed by atoms with van der Waals surface area (Å²) in [6.07, 6.45) is 1.65. The van der Waals surface area contributed by atoms with E-state index in [1.54, 1.807) is 36.3 Å². The predicted molar refractivity (Wildman–Crippen MR) is 109 cm³/mol. The van der Waals surface area contributed by atoms with Crippen LogP contribution in [0.3, 0.4) is 0 Å². The van der Waals surface area contributed by atoms with Crippen molar-refractivity contribution >= 4 is 5.91 Å². The summed E-state index contributed by atoms with van der Waals surface area (Å²) in [4.78, 5) is 19.1. The lowest BCUT2D eigenvalue weighted by Crippen LogP contribution is -2.31. The monoisotopic (exact) mass is 393 g/mol. The van der Waals surface area contributed by atoms with E-state index in [0.717, 1.165) is 11.3 Å². The van der Waals surface area contributed by atoms with Crippen LogP contribution in [0.5, 0.6) is 11.5 Å². The zero-order valence-corrected chi connectivity index (χ0v) is 16.5. The zero-order valence-electron chi connectivity index (χ0n) is 16.5. The van der Waals surface area contributed by atoms with E-state index in [1.807, 2.05) is 37.3 Å². The number of carbonyl (C=O) groups excluding carboxylic acids is 1. The fraction of sp³-hybridized carbons (Fsp3) is 0.227. The van der Waals surface area contributed by atoms with Gasteiger partial charge in [-0.05, 0) is 43.3 Å². The van der Waals surface area contributed by atoms with Crippen LogP contribution in [0.2, 0.25) is 0 Å². The number of carbonyl (C=O) groups is 1. The van der Waals surface area contributed by atoms with Gasteiger partial charge >= 0.3 is 0 Å². The van der Waals surface area contributed by atoms with Gasteiger partial charge in [-0.15, -0.1) is 6.58 Å². The Bertz CT molecular complexity index is 966. The first-order chi connectivity index (χ1) is 14.2. The second-order valence-corrected chi connectivity index (χ2v) is 6.14. The van der Waals surface area contributed by atoms with E-state index >= 15 is 0 Å². The average molecular weight is 393 g/mol. The highest BCUT2D eigenvalue weighted by Gasteiger charge is 2.21. The molecule has 0 saturated carbocycles. The molecule has 0 unspecified atom stereocenters. The van der Waals surface area contributed by atoms with Gasteiger partial charge in [-0.25, -0.2) is 0 Å². The van der Waals surface area contributed by atoms with E-state index in [9.17, 15) is 4.79 Å². The molecule has 29 heavy (non-hydrogen) atoms. The van der Waals surface area contributed by atoms with Crippen molar-refractivity contribution < 1.29 is 18.8 Å². The van der Waals surface area contributed by atoms with E-state index in [2.05, 4.69) is 16.7 Å². The molecule has 1 amide bonds. The molecule has 1 aromatic heterocycles.